The molecule has 4 rings (SSSR count). The van der Waals surface area contributed by atoms with Gasteiger partial charge in [-0.3, -0.25) is 19.2 Å². The molecule has 3 aromatic carbocycles. The third kappa shape index (κ3) is 6.91. The molecule has 0 aromatic heterocycles. The summed E-state index contributed by atoms with van der Waals surface area (Å²) in [5.74, 6) is -0.722. The third-order valence-corrected chi connectivity index (χ3v) is 7.98. The second kappa shape index (κ2) is 12.2. The van der Waals surface area contributed by atoms with E-state index in [0.717, 1.165) is 9.87 Å². The fourth-order valence-electron chi connectivity index (χ4n) is 3.97. The number of sulfonamides is 1. The van der Waals surface area contributed by atoms with Gasteiger partial charge < -0.3 is 9.64 Å². The lowest BCUT2D eigenvalue weighted by atomic mass is 10.1. The molecule has 204 valence electrons. The monoisotopic (exact) mass is 571 g/mol. The molecule has 0 aliphatic carbocycles. The summed E-state index contributed by atoms with van der Waals surface area (Å²) in [6, 6.07) is 16.8. The summed E-state index contributed by atoms with van der Waals surface area (Å²) in [6.45, 7) is 3.46. The Hall–Kier alpha value is -4.00. The third-order valence-electron chi connectivity index (χ3n) is 5.96. The van der Waals surface area contributed by atoms with Crippen LogP contribution in [0.15, 0.2) is 76.7 Å². The van der Waals surface area contributed by atoms with Crippen molar-refractivity contribution in [3.63, 3.8) is 0 Å². The van der Waals surface area contributed by atoms with Crippen LogP contribution in [0.1, 0.15) is 11.1 Å². The van der Waals surface area contributed by atoms with E-state index in [0.29, 0.717) is 42.6 Å². The Labute approximate surface area is 230 Å². The minimum atomic E-state index is -4.13. The minimum Gasteiger partial charge on any atom is -0.378 e. The molecule has 3 aromatic rings. The number of benzene rings is 3. The summed E-state index contributed by atoms with van der Waals surface area (Å²) in [6.07, 6.45) is 1.30. The summed E-state index contributed by atoms with van der Waals surface area (Å²) in [5, 5.41) is 15.6. The SMILES string of the molecule is Cc1ccc(S(=O)(=O)N(CC(=O)N/N=C\c2cc([N+](=O)[O-])ccc2N2CCOCC2)c2cccc(Cl)c2)cc1. The van der Waals surface area contributed by atoms with Gasteiger partial charge in [0.1, 0.15) is 6.54 Å². The fraction of sp³-hybridized carbons (Fsp3) is 0.231. The summed E-state index contributed by atoms with van der Waals surface area (Å²) < 4.78 is 33.3. The number of carbonyl (C=O) groups is 1. The van der Waals surface area contributed by atoms with Crippen molar-refractivity contribution >= 4 is 50.8 Å². The van der Waals surface area contributed by atoms with Gasteiger partial charge in [0.25, 0.3) is 21.6 Å². The largest absolute Gasteiger partial charge is 0.378 e. The van der Waals surface area contributed by atoms with Crippen LogP contribution in [0.3, 0.4) is 0 Å². The number of nitro groups is 1. The zero-order chi connectivity index (χ0) is 28.0. The van der Waals surface area contributed by atoms with Gasteiger partial charge in [0.05, 0.1) is 34.9 Å². The minimum absolute atomic E-state index is 0.0103. The maximum atomic E-state index is 13.5. The van der Waals surface area contributed by atoms with Gasteiger partial charge in [0.15, 0.2) is 0 Å². The zero-order valence-corrected chi connectivity index (χ0v) is 22.6. The number of aryl methyl sites for hydroxylation is 1. The van der Waals surface area contributed by atoms with E-state index in [2.05, 4.69) is 10.5 Å². The van der Waals surface area contributed by atoms with Crippen molar-refractivity contribution in [3.05, 3.63) is 93.0 Å². The highest BCUT2D eigenvalue weighted by Gasteiger charge is 2.27. The second-order valence-electron chi connectivity index (χ2n) is 8.70. The van der Waals surface area contributed by atoms with Crippen LogP contribution < -0.4 is 14.6 Å². The lowest BCUT2D eigenvalue weighted by molar-refractivity contribution is -0.384. The molecule has 11 nitrogen and oxygen atoms in total. The Morgan fingerprint density at radius 1 is 1.15 bits per heavy atom. The highest BCUT2D eigenvalue weighted by Crippen LogP contribution is 2.27. The number of hydrogen-bond donors (Lipinski definition) is 1. The molecule has 0 bridgehead atoms. The number of anilines is 2. The molecule has 1 heterocycles. The van der Waals surface area contributed by atoms with Crippen molar-refractivity contribution in [1.29, 1.82) is 0 Å². The lowest BCUT2D eigenvalue weighted by Gasteiger charge is -2.29. The number of nitrogens with zero attached hydrogens (tertiary/aromatic N) is 4. The van der Waals surface area contributed by atoms with Crippen LogP contribution in [0.5, 0.6) is 0 Å². The van der Waals surface area contributed by atoms with E-state index >= 15 is 0 Å². The van der Waals surface area contributed by atoms with E-state index < -0.39 is 27.4 Å². The van der Waals surface area contributed by atoms with Crippen LogP contribution in [0.25, 0.3) is 0 Å². The number of amides is 1. The van der Waals surface area contributed by atoms with Crippen molar-refractivity contribution in [2.24, 2.45) is 5.10 Å². The average Bonchev–Trinajstić information content (AvgIpc) is 2.92. The quantitative estimate of drug-likeness (QED) is 0.235. The predicted octanol–water partition coefficient (Wildman–Crippen LogP) is 3.74. The average molecular weight is 572 g/mol. The number of non-ortho nitro benzene ring substituents is 1. The summed E-state index contributed by atoms with van der Waals surface area (Å²) in [4.78, 5) is 25.7. The van der Waals surface area contributed by atoms with E-state index in [9.17, 15) is 23.3 Å². The van der Waals surface area contributed by atoms with Gasteiger partial charge >= 0.3 is 0 Å². The van der Waals surface area contributed by atoms with Gasteiger partial charge in [0.2, 0.25) is 0 Å². The molecular formula is C26H26ClN5O6S. The van der Waals surface area contributed by atoms with Crippen molar-refractivity contribution in [2.45, 2.75) is 11.8 Å². The molecule has 1 N–H and O–H groups in total. The molecule has 0 unspecified atom stereocenters. The predicted molar refractivity (Wildman–Crippen MR) is 149 cm³/mol. The first kappa shape index (κ1) is 28.0. The topological polar surface area (TPSA) is 134 Å². The van der Waals surface area contributed by atoms with Crippen LogP contribution in [-0.2, 0) is 19.6 Å². The molecule has 0 atom stereocenters. The van der Waals surface area contributed by atoms with Gasteiger partial charge in [-0.15, -0.1) is 0 Å². The molecule has 1 fully saturated rings. The Morgan fingerprint density at radius 3 is 2.54 bits per heavy atom. The fourth-order valence-corrected chi connectivity index (χ4v) is 5.57. The molecule has 1 aliphatic rings. The van der Waals surface area contributed by atoms with Crippen LogP contribution >= 0.6 is 11.6 Å². The standard InChI is InChI=1S/C26H26ClN5O6S/c1-19-5-8-24(9-6-19)39(36,37)31(22-4-2-3-21(27)16-22)18-26(33)29-28-17-20-15-23(32(34)35)7-10-25(20)30-11-13-38-14-12-30/h2-10,15-17H,11-14,18H2,1H3,(H,29,33)/b28-17-. The summed E-state index contributed by atoms with van der Waals surface area (Å²) in [7, 11) is -4.13. The van der Waals surface area contributed by atoms with E-state index in [4.69, 9.17) is 16.3 Å². The molecule has 0 spiro atoms. The number of halogens is 1. The number of morpholine rings is 1. The van der Waals surface area contributed by atoms with Crippen LogP contribution in [0.2, 0.25) is 5.02 Å². The first-order valence-corrected chi connectivity index (χ1v) is 13.7. The number of nitro benzene ring substituents is 1. The highest BCUT2D eigenvalue weighted by atomic mass is 35.5. The Bertz CT molecular complexity index is 1490. The Kier molecular flexibility index (Phi) is 8.79. The van der Waals surface area contributed by atoms with Gasteiger partial charge in [-0.25, -0.2) is 13.8 Å². The number of hydrazone groups is 1. The van der Waals surface area contributed by atoms with Gasteiger partial charge in [-0.2, -0.15) is 5.10 Å². The molecule has 13 heteroatoms. The van der Waals surface area contributed by atoms with Gasteiger partial charge in [-0.1, -0.05) is 35.4 Å². The van der Waals surface area contributed by atoms with Crippen molar-refractivity contribution in [2.75, 3.05) is 42.1 Å². The van der Waals surface area contributed by atoms with Crippen LogP contribution in [0, 0.1) is 17.0 Å². The van der Waals surface area contributed by atoms with Crippen molar-refractivity contribution in [3.8, 4) is 0 Å². The number of rotatable bonds is 9. The molecule has 0 saturated carbocycles. The molecular weight excluding hydrogens is 546 g/mol. The van der Waals surface area contributed by atoms with Crippen LogP contribution in [-0.4, -0.2) is 58.3 Å². The molecule has 1 saturated heterocycles. The van der Waals surface area contributed by atoms with Crippen LogP contribution in [0.4, 0.5) is 17.1 Å². The van der Waals surface area contributed by atoms with E-state index in [1.807, 2.05) is 11.8 Å². The maximum absolute atomic E-state index is 13.5. The molecule has 1 aliphatic heterocycles. The zero-order valence-electron chi connectivity index (χ0n) is 21.0. The van der Waals surface area contributed by atoms with Gasteiger partial charge in [-0.05, 0) is 43.3 Å². The van der Waals surface area contributed by atoms with Crippen molar-refractivity contribution < 1.29 is 22.9 Å². The van der Waals surface area contributed by atoms with E-state index in [-0.39, 0.29) is 16.3 Å². The first-order valence-electron chi connectivity index (χ1n) is 11.9. The first-order chi connectivity index (χ1) is 18.6. The maximum Gasteiger partial charge on any atom is 0.270 e. The van der Waals surface area contributed by atoms with E-state index in [1.54, 1.807) is 30.3 Å². The smallest absolute Gasteiger partial charge is 0.270 e. The normalized spacial score (nSPS) is 13.8. The summed E-state index contributed by atoms with van der Waals surface area (Å²) in [5.41, 5.74) is 4.41. The molecule has 0 radical (unpaired) electrons. The Morgan fingerprint density at radius 2 is 1.87 bits per heavy atom. The van der Waals surface area contributed by atoms with Gasteiger partial charge in [0, 0.05) is 41.5 Å². The van der Waals surface area contributed by atoms with Crippen molar-refractivity contribution in [1.82, 2.24) is 5.43 Å². The second-order valence-corrected chi connectivity index (χ2v) is 11.0. The number of nitrogens with one attached hydrogen (secondary N) is 1. The number of ether oxygens (including phenoxy) is 1. The molecule has 1 amide bonds. The number of carbonyl (C=O) groups excluding carboxylic acids is 1. The highest BCUT2D eigenvalue weighted by molar-refractivity contribution is 7.92. The lowest BCUT2D eigenvalue weighted by Crippen LogP contribution is -2.39. The van der Waals surface area contributed by atoms with E-state index in [1.165, 1.54) is 42.6 Å². The number of hydrogen-bond acceptors (Lipinski definition) is 8. The molecule has 39 heavy (non-hydrogen) atoms. The summed E-state index contributed by atoms with van der Waals surface area (Å²) >= 11 is 6.10. The Balaban J connectivity index is 1.57.